The average molecular weight is 250 g/mol. The maximum atomic E-state index is 13.0. The Morgan fingerprint density at radius 3 is 2.62 bits per heavy atom. The maximum Gasteiger partial charge on any atom is 0.327 e. The Balaban J connectivity index is 0.00000225. The SMILES string of the molecule is COC(=O)[C@H](N)c1cc(F)cc(C)c1O.Cl. The summed E-state index contributed by atoms with van der Waals surface area (Å²) in [6.45, 7) is 1.52. The van der Waals surface area contributed by atoms with Gasteiger partial charge in [0, 0.05) is 5.56 Å². The number of carbonyl (C=O) groups excluding carboxylic acids is 1. The summed E-state index contributed by atoms with van der Waals surface area (Å²) in [4.78, 5) is 11.1. The first-order chi connectivity index (χ1) is 6.97. The van der Waals surface area contributed by atoms with Crippen LogP contribution in [0.1, 0.15) is 17.2 Å². The van der Waals surface area contributed by atoms with Crippen LogP contribution < -0.4 is 5.73 Å². The average Bonchev–Trinajstić information content (AvgIpc) is 2.21. The third-order valence-corrected chi connectivity index (χ3v) is 2.08. The highest BCUT2D eigenvalue weighted by Gasteiger charge is 2.21. The van der Waals surface area contributed by atoms with E-state index in [0.717, 1.165) is 12.1 Å². The molecule has 0 aliphatic heterocycles. The molecule has 0 aromatic heterocycles. The molecule has 0 aliphatic rings. The second-order valence-corrected chi connectivity index (χ2v) is 3.16. The Bertz CT molecular complexity index is 398. The number of hydrogen-bond donors (Lipinski definition) is 2. The summed E-state index contributed by atoms with van der Waals surface area (Å²) in [5.41, 5.74) is 5.84. The molecule has 0 unspecified atom stereocenters. The van der Waals surface area contributed by atoms with E-state index < -0.39 is 17.8 Å². The van der Waals surface area contributed by atoms with E-state index in [2.05, 4.69) is 4.74 Å². The Hall–Kier alpha value is -1.33. The fraction of sp³-hybridized carbons (Fsp3) is 0.300. The molecule has 0 radical (unpaired) electrons. The zero-order valence-corrected chi connectivity index (χ0v) is 9.68. The van der Waals surface area contributed by atoms with Crippen LogP contribution in [0.2, 0.25) is 0 Å². The number of ether oxygens (including phenoxy) is 1. The first-order valence-corrected chi connectivity index (χ1v) is 4.29. The number of carbonyl (C=O) groups is 1. The molecule has 1 aromatic rings. The number of benzene rings is 1. The van der Waals surface area contributed by atoms with Gasteiger partial charge in [-0.1, -0.05) is 0 Å². The Morgan fingerprint density at radius 1 is 1.56 bits per heavy atom. The molecule has 0 aliphatic carbocycles. The number of nitrogens with two attached hydrogens (primary N) is 1. The molecule has 1 rings (SSSR count). The van der Waals surface area contributed by atoms with Gasteiger partial charge in [-0.05, 0) is 24.6 Å². The normalized spacial score (nSPS) is 11.5. The van der Waals surface area contributed by atoms with Gasteiger partial charge in [-0.15, -0.1) is 12.4 Å². The summed E-state index contributed by atoms with van der Waals surface area (Å²) in [6, 6.07) is 0.997. The molecule has 0 amide bonds. The van der Waals surface area contributed by atoms with Gasteiger partial charge in [-0.2, -0.15) is 0 Å². The van der Waals surface area contributed by atoms with Crippen LogP contribution in [0.5, 0.6) is 5.75 Å². The van der Waals surface area contributed by atoms with Crippen LogP contribution in [0.25, 0.3) is 0 Å². The van der Waals surface area contributed by atoms with Crippen molar-refractivity contribution in [1.82, 2.24) is 0 Å². The minimum atomic E-state index is -1.18. The molecular weight excluding hydrogens is 237 g/mol. The minimum absolute atomic E-state index is 0. The van der Waals surface area contributed by atoms with Gasteiger partial charge in [0.1, 0.15) is 17.6 Å². The van der Waals surface area contributed by atoms with Gasteiger partial charge in [0.2, 0.25) is 0 Å². The number of esters is 1. The molecule has 6 heteroatoms. The Labute approximate surface area is 98.6 Å². The number of halogens is 2. The minimum Gasteiger partial charge on any atom is -0.507 e. The maximum absolute atomic E-state index is 13.0. The molecule has 0 spiro atoms. The van der Waals surface area contributed by atoms with Crippen LogP contribution in [-0.4, -0.2) is 18.2 Å². The molecule has 0 saturated carbocycles. The number of methoxy groups -OCH3 is 1. The lowest BCUT2D eigenvalue weighted by Crippen LogP contribution is -2.23. The summed E-state index contributed by atoms with van der Waals surface area (Å²) in [5.74, 6) is -1.47. The molecule has 0 fully saturated rings. The van der Waals surface area contributed by atoms with E-state index in [-0.39, 0.29) is 23.7 Å². The van der Waals surface area contributed by atoms with E-state index in [0.29, 0.717) is 5.56 Å². The van der Waals surface area contributed by atoms with Crippen LogP contribution >= 0.6 is 12.4 Å². The van der Waals surface area contributed by atoms with Gasteiger partial charge < -0.3 is 15.6 Å². The molecule has 1 atom stereocenters. The highest BCUT2D eigenvalue weighted by molar-refractivity contribution is 5.85. The quantitative estimate of drug-likeness (QED) is 0.778. The first kappa shape index (κ1) is 14.7. The van der Waals surface area contributed by atoms with Crippen molar-refractivity contribution in [3.63, 3.8) is 0 Å². The zero-order chi connectivity index (χ0) is 11.6. The van der Waals surface area contributed by atoms with Crippen LogP contribution in [0.3, 0.4) is 0 Å². The topological polar surface area (TPSA) is 72.5 Å². The van der Waals surface area contributed by atoms with Crippen molar-refractivity contribution in [2.75, 3.05) is 7.11 Å². The van der Waals surface area contributed by atoms with Crippen molar-refractivity contribution < 1.29 is 19.0 Å². The van der Waals surface area contributed by atoms with E-state index in [1.54, 1.807) is 0 Å². The molecule has 0 heterocycles. The predicted octanol–water partition coefficient (Wildman–Crippen LogP) is 1.43. The lowest BCUT2D eigenvalue weighted by atomic mass is 10.0. The van der Waals surface area contributed by atoms with Crippen molar-refractivity contribution in [2.24, 2.45) is 5.73 Å². The summed E-state index contributed by atoms with van der Waals surface area (Å²) in [6.07, 6.45) is 0. The Kier molecular flexibility index (Phi) is 5.20. The molecular formula is C10H13ClFNO3. The molecule has 0 bridgehead atoms. The van der Waals surface area contributed by atoms with Crippen LogP contribution in [-0.2, 0) is 9.53 Å². The summed E-state index contributed by atoms with van der Waals surface area (Å²) in [7, 11) is 1.17. The van der Waals surface area contributed by atoms with Crippen molar-refractivity contribution in [1.29, 1.82) is 0 Å². The largest absolute Gasteiger partial charge is 0.507 e. The summed E-state index contributed by atoms with van der Waals surface area (Å²) in [5, 5.41) is 9.58. The van der Waals surface area contributed by atoms with E-state index in [4.69, 9.17) is 5.73 Å². The van der Waals surface area contributed by atoms with Crippen molar-refractivity contribution in [3.8, 4) is 5.75 Å². The van der Waals surface area contributed by atoms with Gasteiger partial charge in [-0.25, -0.2) is 4.39 Å². The van der Waals surface area contributed by atoms with Crippen LogP contribution in [0.15, 0.2) is 12.1 Å². The predicted molar refractivity (Wildman–Crippen MR) is 59.0 cm³/mol. The lowest BCUT2D eigenvalue weighted by Gasteiger charge is -2.12. The molecule has 16 heavy (non-hydrogen) atoms. The number of aryl methyl sites for hydroxylation is 1. The van der Waals surface area contributed by atoms with E-state index in [1.165, 1.54) is 14.0 Å². The van der Waals surface area contributed by atoms with Gasteiger partial charge in [0.05, 0.1) is 7.11 Å². The molecule has 90 valence electrons. The summed E-state index contributed by atoms with van der Waals surface area (Å²) >= 11 is 0. The van der Waals surface area contributed by atoms with Crippen LogP contribution in [0.4, 0.5) is 4.39 Å². The fourth-order valence-electron chi connectivity index (χ4n) is 1.25. The van der Waals surface area contributed by atoms with E-state index in [9.17, 15) is 14.3 Å². The second kappa shape index (κ2) is 5.67. The van der Waals surface area contributed by atoms with Gasteiger partial charge in [0.15, 0.2) is 0 Å². The highest BCUT2D eigenvalue weighted by atomic mass is 35.5. The van der Waals surface area contributed by atoms with E-state index in [1.807, 2.05) is 0 Å². The van der Waals surface area contributed by atoms with Gasteiger partial charge in [-0.3, -0.25) is 4.79 Å². The third kappa shape index (κ3) is 2.84. The van der Waals surface area contributed by atoms with Crippen molar-refractivity contribution >= 4 is 18.4 Å². The monoisotopic (exact) mass is 249 g/mol. The van der Waals surface area contributed by atoms with Crippen molar-refractivity contribution in [2.45, 2.75) is 13.0 Å². The highest BCUT2D eigenvalue weighted by Crippen LogP contribution is 2.28. The number of aromatic hydroxyl groups is 1. The number of hydrogen-bond acceptors (Lipinski definition) is 4. The lowest BCUT2D eigenvalue weighted by molar-refractivity contribution is -0.142. The second-order valence-electron chi connectivity index (χ2n) is 3.16. The van der Waals surface area contributed by atoms with Crippen molar-refractivity contribution in [3.05, 3.63) is 29.1 Å². The van der Waals surface area contributed by atoms with Gasteiger partial charge >= 0.3 is 5.97 Å². The number of phenols is 1. The molecule has 3 N–H and O–H groups in total. The molecule has 4 nitrogen and oxygen atoms in total. The standard InChI is InChI=1S/C10H12FNO3.ClH/c1-5-3-6(11)4-7(9(5)13)8(12)10(14)15-2;/h3-4,8,13H,12H2,1-2H3;1H/t8-;/m1./s1. The Morgan fingerprint density at radius 2 is 2.12 bits per heavy atom. The smallest absolute Gasteiger partial charge is 0.327 e. The van der Waals surface area contributed by atoms with E-state index >= 15 is 0 Å². The fourth-order valence-corrected chi connectivity index (χ4v) is 1.25. The third-order valence-electron chi connectivity index (χ3n) is 2.08. The summed E-state index contributed by atoms with van der Waals surface area (Å²) < 4.78 is 17.4. The zero-order valence-electron chi connectivity index (χ0n) is 8.86. The number of phenolic OH excluding ortho intramolecular Hbond substituents is 1. The first-order valence-electron chi connectivity index (χ1n) is 4.29. The van der Waals surface area contributed by atoms with Gasteiger partial charge in [0.25, 0.3) is 0 Å². The number of rotatable bonds is 2. The molecule has 0 saturated heterocycles. The van der Waals surface area contributed by atoms with Crippen LogP contribution in [0, 0.1) is 12.7 Å². The molecule has 1 aromatic carbocycles.